The fraction of sp³-hybridized carbons (Fsp3) is 0.667. The van der Waals surface area contributed by atoms with Crippen molar-refractivity contribution < 1.29 is 19.5 Å². The maximum absolute atomic E-state index is 11.6. The maximum atomic E-state index is 11.6. The molecule has 0 aromatic carbocycles. The van der Waals surface area contributed by atoms with Crippen molar-refractivity contribution in [2.45, 2.75) is 25.0 Å². The summed E-state index contributed by atoms with van der Waals surface area (Å²) in [5.74, 6) is -2.22. The van der Waals surface area contributed by atoms with Gasteiger partial charge in [0, 0.05) is 11.5 Å². The standard InChI is InChI=1S/C9H17N3O4S2/c1-4(11-8(14)5(10)2-17)7(13)12-6(3-18)9(15)16/h4-6,17-18H,2-3,10H2,1H3,(H,11,14)(H,12,13)(H,15,16). The van der Waals surface area contributed by atoms with Crippen LogP contribution in [-0.4, -0.2) is 52.5 Å². The molecule has 7 nitrogen and oxygen atoms in total. The summed E-state index contributed by atoms with van der Waals surface area (Å²) in [6.45, 7) is 1.43. The Balaban J connectivity index is 4.34. The van der Waals surface area contributed by atoms with Crippen LogP contribution >= 0.6 is 25.3 Å². The second-order valence-corrected chi connectivity index (χ2v) is 4.33. The van der Waals surface area contributed by atoms with Gasteiger partial charge in [-0.3, -0.25) is 9.59 Å². The average molecular weight is 295 g/mol. The largest absolute Gasteiger partial charge is 0.480 e. The highest BCUT2D eigenvalue weighted by Crippen LogP contribution is 1.92. The highest BCUT2D eigenvalue weighted by molar-refractivity contribution is 7.80. The maximum Gasteiger partial charge on any atom is 0.327 e. The van der Waals surface area contributed by atoms with Gasteiger partial charge in [-0.05, 0) is 6.92 Å². The predicted octanol–water partition coefficient (Wildman–Crippen LogP) is -1.75. The smallest absolute Gasteiger partial charge is 0.327 e. The first-order valence-electron chi connectivity index (χ1n) is 5.14. The van der Waals surface area contributed by atoms with Gasteiger partial charge in [-0.25, -0.2) is 4.79 Å². The zero-order chi connectivity index (χ0) is 14.3. The number of hydrogen-bond acceptors (Lipinski definition) is 6. The summed E-state index contributed by atoms with van der Waals surface area (Å²) in [5, 5.41) is 13.3. The SMILES string of the molecule is CC(NC(=O)C(N)CS)C(=O)NC(CS)C(=O)O. The lowest BCUT2D eigenvalue weighted by molar-refractivity contribution is -0.141. The minimum atomic E-state index is -1.19. The Morgan fingerprint density at radius 3 is 2.11 bits per heavy atom. The van der Waals surface area contributed by atoms with E-state index >= 15 is 0 Å². The molecule has 18 heavy (non-hydrogen) atoms. The molecule has 104 valence electrons. The monoisotopic (exact) mass is 295 g/mol. The first kappa shape index (κ1) is 17.1. The molecule has 0 radical (unpaired) electrons. The molecule has 9 heteroatoms. The third-order valence-electron chi connectivity index (χ3n) is 2.08. The number of nitrogens with two attached hydrogens (primary N) is 1. The summed E-state index contributed by atoms with van der Waals surface area (Å²) in [6, 6.07) is -2.80. The van der Waals surface area contributed by atoms with Crippen LogP contribution in [-0.2, 0) is 14.4 Å². The zero-order valence-corrected chi connectivity index (χ0v) is 11.6. The van der Waals surface area contributed by atoms with E-state index in [9.17, 15) is 14.4 Å². The van der Waals surface area contributed by atoms with Gasteiger partial charge in [-0.1, -0.05) is 0 Å². The molecule has 5 N–H and O–H groups in total. The van der Waals surface area contributed by atoms with E-state index in [0.29, 0.717) is 0 Å². The number of carboxylic acids is 1. The molecule has 0 aliphatic carbocycles. The Bertz CT molecular complexity index is 327. The molecule has 0 spiro atoms. The minimum Gasteiger partial charge on any atom is -0.480 e. The first-order chi connectivity index (χ1) is 8.33. The molecule has 0 aliphatic heterocycles. The molecule has 0 saturated carbocycles. The van der Waals surface area contributed by atoms with Crippen LogP contribution in [0.1, 0.15) is 6.92 Å². The van der Waals surface area contributed by atoms with Crippen LogP contribution < -0.4 is 16.4 Å². The van der Waals surface area contributed by atoms with Crippen molar-refractivity contribution in [2.75, 3.05) is 11.5 Å². The van der Waals surface area contributed by atoms with Crippen molar-refractivity contribution >= 4 is 43.0 Å². The van der Waals surface area contributed by atoms with E-state index in [1.54, 1.807) is 0 Å². The van der Waals surface area contributed by atoms with Gasteiger partial charge in [0.2, 0.25) is 11.8 Å². The molecule has 0 saturated heterocycles. The van der Waals surface area contributed by atoms with E-state index in [1.807, 2.05) is 0 Å². The Morgan fingerprint density at radius 1 is 1.17 bits per heavy atom. The van der Waals surface area contributed by atoms with Crippen LogP contribution in [0.15, 0.2) is 0 Å². The Hall–Kier alpha value is -0.930. The number of nitrogens with one attached hydrogen (secondary N) is 2. The predicted molar refractivity (Wildman–Crippen MR) is 72.9 cm³/mol. The summed E-state index contributed by atoms with van der Waals surface area (Å²) < 4.78 is 0. The zero-order valence-electron chi connectivity index (χ0n) is 9.79. The molecule has 0 aromatic heterocycles. The number of hydrogen-bond donors (Lipinski definition) is 6. The lowest BCUT2D eigenvalue weighted by Crippen LogP contribution is -2.54. The average Bonchev–Trinajstić information content (AvgIpc) is 2.33. The van der Waals surface area contributed by atoms with Crippen molar-refractivity contribution in [3.8, 4) is 0 Å². The molecule has 3 atom stereocenters. The summed E-state index contributed by atoms with van der Waals surface area (Å²) in [5.41, 5.74) is 5.41. The second kappa shape index (κ2) is 8.22. The van der Waals surface area contributed by atoms with Crippen LogP contribution in [0.2, 0.25) is 0 Å². The van der Waals surface area contributed by atoms with Gasteiger partial charge in [-0.2, -0.15) is 25.3 Å². The molecule has 0 rings (SSSR count). The van der Waals surface area contributed by atoms with E-state index in [-0.39, 0.29) is 11.5 Å². The second-order valence-electron chi connectivity index (χ2n) is 3.60. The van der Waals surface area contributed by atoms with Gasteiger partial charge in [-0.15, -0.1) is 0 Å². The minimum absolute atomic E-state index is 0.0438. The number of amides is 2. The Labute approximate surface area is 116 Å². The van der Waals surface area contributed by atoms with E-state index in [2.05, 4.69) is 35.9 Å². The number of rotatable bonds is 7. The van der Waals surface area contributed by atoms with Gasteiger partial charge in [0.1, 0.15) is 12.1 Å². The highest BCUT2D eigenvalue weighted by atomic mass is 32.1. The van der Waals surface area contributed by atoms with Crippen molar-refractivity contribution in [2.24, 2.45) is 5.73 Å². The molecular formula is C9H17N3O4S2. The third-order valence-corrected chi connectivity index (χ3v) is 2.84. The van der Waals surface area contributed by atoms with Crippen molar-refractivity contribution in [1.29, 1.82) is 0 Å². The summed E-state index contributed by atoms with van der Waals surface area (Å²) in [7, 11) is 0. The van der Waals surface area contributed by atoms with Crippen LogP contribution in [0.3, 0.4) is 0 Å². The van der Waals surface area contributed by atoms with Crippen molar-refractivity contribution in [1.82, 2.24) is 10.6 Å². The van der Waals surface area contributed by atoms with Crippen LogP contribution in [0.25, 0.3) is 0 Å². The normalized spacial score (nSPS) is 15.3. The quantitative estimate of drug-likeness (QED) is 0.311. The van der Waals surface area contributed by atoms with Gasteiger partial charge < -0.3 is 21.5 Å². The van der Waals surface area contributed by atoms with Crippen LogP contribution in [0.5, 0.6) is 0 Å². The summed E-state index contributed by atoms with van der Waals surface area (Å²) >= 11 is 7.66. The topological polar surface area (TPSA) is 122 Å². The summed E-state index contributed by atoms with van der Waals surface area (Å²) in [4.78, 5) is 33.6. The molecule has 0 aromatic rings. The number of carbonyl (C=O) groups excluding carboxylic acids is 2. The molecule has 3 unspecified atom stereocenters. The van der Waals surface area contributed by atoms with E-state index < -0.39 is 35.9 Å². The highest BCUT2D eigenvalue weighted by Gasteiger charge is 2.23. The Morgan fingerprint density at radius 2 is 1.72 bits per heavy atom. The number of aliphatic carboxylic acids is 1. The fourth-order valence-electron chi connectivity index (χ4n) is 0.951. The molecule has 2 amide bonds. The molecule has 0 aliphatic rings. The summed E-state index contributed by atoms with van der Waals surface area (Å²) in [6.07, 6.45) is 0. The van der Waals surface area contributed by atoms with Crippen LogP contribution in [0, 0.1) is 0 Å². The molecule has 0 heterocycles. The fourth-order valence-corrected chi connectivity index (χ4v) is 1.36. The van der Waals surface area contributed by atoms with E-state index in [1.165, 1.54) is 6.92 Å². The van der Waals surface area contributed by atoms with Crippen molar-refractivity contribution in [3.63, 3.8) is 0 Å². The number of thiol groups is 2. The molecule has 0 fully saturated rings. The Kier molecular flexibility index (Phi) is 7.80. The number of carboxylic acid groups (broad SMARTS) is 1. The number of carbonyl (C=O) groups is 3. The molecular weight excluding hydrogens is 278 g/mol. The van der Waals surface area contributed by atoms with E-state index in [4.69, 9.17) is 10.8 Å². The van der Waals surface area contributed by atoms with Gasteiger partial charge in [0.25, 0.3) is 0 Å². The third kappa shape index (κ3) is 5.61. The van der Waals surface area contributed by atoms with E-state index in [0.717, 1.165) is 0 Å². The van der Waals surface area contributed by atoms with Gasteiger partial charge >= 0.3 is 5.97 Å². The molecule has 0 bridgehead atoms. The first-order valence-corrected chi connectivity index (χ1v) is 6.40. The van der Waals surface area contributed by atoms with Crippen LogP contribution in [0.4, 0.5) is 0 Å². The lowest BCUT2D eigenvalue weighted by atomic mass is 10.2. The lowest BCUT2D eigenvalue weighted by Gasteiger charge is -2.18. The van der Waals surface area contributed by atoms with Gasteiger partial charge in [0.05, 0.1) is 6.04 Å². The van der Waals surface area contributed by atoms with Gasteiger partial charge in [0.15, 0.2) is 0 Å². The van der Waals surface area contributed by atoms with Crippen molar-refractivity contribution in [3.05, 3.63) is 0 Å².